The molecule has 0 saturated heterocycles. The smallest absolute Gasteiger partial charge is 0.271 e. The molecule has 5 nitrogen and oxygen atoms in total. The monoisotopic (exact) mass is 337 g/mol. The van der Waals surface area contributed by atoms with E-state index in [0.717, 1.165) is 5.56 Å². The fourth-order valence-electron chi connectivity index (χ4n) is 2.36. The molecule has 3 aromatic rings. The number of carbonyl (C=O) groups is 1. The van der Waals surface area contributed by atoms with E-state index < -0.39 is 5.91 Å². The molecule has 0 aliphatic heterocycles. The molecular weight excluding hydrogens is 321 g/mol. The summed E-state index contributed by atoms with van der Waals surface area (Å²) in [5.74, 6) is -0.785. The second-order valence-corrected chi connectivity index (χ2v) is 5.51. The highest BCUT2D eigenvalue weighted by Crippen LogP contribution is 2.04. The van der Waals surface area contributed by atoms with Gasteiger partial charge in [0.05, 0.1) is 6.54 Å². The zero-order chi connectivity index (χ0) is 17.6. The van der Waals surface area contributed by atoms with Gasteiger partial charge in [0.25, 0.3) is 11.5 Å². The lowest BCUT2D eigenvalue weighted by molar-refractivity contribution is 0.0943. The molecule has 0 fully saturated rings. The highest BCUT2D eigenvalue weighted by molar-refractivity contribution is 5.91. The number of hydrogen-bond donors (Lipinski definition) is 1. The van der Waals surface area contributed by atoms with E-state index in [9.17, 15) is 14.0 Å². The highest BCUT2D eigenvalue weighted by Gasteiger charge is 2.10. The molecule has 1 heterocycles. The third kappa shape index (κ3) is 4.38. The van der Waals surface area contributed by atoms with Crippen molar-refractivity contribution in [3.63, 3.8) is 0 Å². The van der Waals surface area contributed by atoms with Gasteiger partial charge in [-0.1, -0.05) is 42.5 Å². The Bertz CT molecular complexity index is 939. The third-order valence-electron chi connectivity index (χ3n) is 3.62. The highest BCUT2D eigenvalue weighted by atomic mass is 19.1. The SMILES string of the molecule is O=C(NCc1cccc(F)c1)c1ccc(=O)n(Cc2ccccc2)n1. The van der Waals surface area contributed by atoms with Crippen molar-refractivity contribution in [1.82, 2.24) is 15.1 Å². The number of rotatable bonds is 5. The lowest BCUT2D eigenvalue weighted by atomic mass is 10.2. The summed E-state index contributed by atoms with van der Waals surface area (Å²) in [6.45, 7) is 0.459. The maximum Gasteiger partial charge on any atom is 0.271 e. The van der Waals surface area contributed by atoms with E-state index in [0.29, 0.717) is 5.56 Å². The van der Waals surface area contributed by atoms with Crippen molar-refractivity contribution >= 4 is 5.91 Å². The van der Waals surface area contributed by atoms with Gasteiger partial charge in [0, 0.05) is 12.6 Å². The Morgan fingerprint density at radius 2 is 1.76 bits per heavy atom. The first kappa shape index (κ1) is 16.6. The van der Waals surface area contributed by atoms with Crippen LogP contribution in [0.25, 0.3) is 0 Å². The Balaban J connectivity index is 1.72. The van der Waals surface area contributed by atoms with E-state index in [1.807, 2.05) is 30.3 Å². The molecule has 0 atom stereocenters. The van der Waals surface area contributed by atoms with Crippen LogP contribution in [-0.4, -0.2) is 15.7 Å². The molecule has 0 bridgehead atoms. The van der Waals surface area contributed by atoms with Gasteiger partial charge in [-0.05, 0) is 29.3 Å². The summed E-state index contributed by atoms with van der Waals surface area (Å²) in [5.41, 5.74) is 1.40. The summed E-state index contributed by atoms with van der Waals surface area (Å²) >= 11 is 0. The Morgan fingerprint density at radius 3 is 2.52 bits per heavy atom. The van der Waals surface area contributed by atoms with Gasteiger partial charge in [-0.15, -0.1) is 0 Å². The molecule has 1 amide bonds. The first-order valence-corrected chi connectivity index (χ1v) is 7.76. The molecule has 0 saturated carbocycles. The van der Waals surface area contributed by atoms with Crippen LogP contribution in [0, 0.1) is 5.82 Å². The number of aromatic nitrogens is 2. The number of halogens is 1. The van der Waals surface area contributed by atoms with Gasteiger partial charge < -0.3 is 5.32 Å². The quantitative estimate of drug-likeness (QED) is 0.777. The zero-order valence-electron chi connectivity index (χ0n) is 13.4. The standard InChI is InChI=1S/C19H16FN3O2/c20-16-8-4-7-15(11-16)12-21-19(25)17-9-10-18(24)23(22-17)13-14-5-2-1-3-6-14/h1-11H,12-13H2,(H,21,25). The van der Waals surface area contributed by atoms with E-state index in [1.165, 1.54) is 28.9 Å². The van der Waals surface area contributed by atoms with E-state index in [-0.39, 0.29) is 30.2 Å². The minimum Gasteiger partial charge on any atom is -0.347 e. The van der Waals surface area contributed by atoms with E-state index in [1.54, 1.807) is 12.1 Å². The number of amides is 1. The molecule has 0 spiro atoms. The summed E-state index contributed by atoms with van der Waals surface area (Å²) in [6, 6.07) is 18.1. The molecule has 0 unspecified atom stereocenters. The number of nitrogens with one attached hydrogen (secondary N) is 1. The molecule has 0 aliphatic rings. The number of carbonyl (C=O) groups excluding carboxylic acids is 1. The van der Waals surface area contributed by atoms with Gasteiger partial charge in [0.15, 0.2) is 0 Å². The van der Waals surface area contributed by atoms with Gasteiger partial charge in [-0.2, -0.15) is 5.10 Å². The van der Waals surface area contributed by atoms with Gasteiger partial charge in [-0.25, -0.2) is 9.07 Å². The molecule has 126 valence electrons. The van der Waals surface area contributed by atoms with Crippen LogP contribution in [0.5, 0.6) is 0 Å². The van der Waals surface area contributed by atoms with Crippen molar-refractivity contribution in [2.45, 2.75) is 13.1 Å². The van der Waals surface area contributed by atoms with Crippen molar-refractivity contribution in [3.05, 3.63) is 99.7 Å². The van der Waals surface area contributed by atoms with Crippen molar-refractivity contribution in [2.24, 2.45) is 0 Å². The van der Waals surface area contributed by atoms with E-state index in [2.05, 4.69) is 10.4 Å². The second kappa shape index (κ2) is 7.53. The van der Waals surface area contributed by atoms with Gasteiger partial charge in [-0.3, -0.25) is 9.59 Å². The van der Waals surface area contributed by atoms with E-state index in [4.69, 9.17) is 0 Å². The fraction of sp³-hybridized carbons (Fsp3) is 0.105. The molecule has 3 rings (SSSR count). The number of benzene rings is 2. The van der Waals surface area contributed by atoms with Gasteiger partial charge >= 0.3 is 0 Å². The summed E-state index contributed by atoms with van der Waals surface area (Å²) in [6.07, 6.45) is 0. The maximum atomic E-state index is 13.2. The van der Waals surface area contributed by atoms with Gasteiger partial charge in [0.1, 0.15) is 11.5 Å². The number of hydrogen-bond acceptors (Lipinski definition) is 3. The molecule has 2 aromatic carbocycles. The minimum atomic E-state index is -0.425. The van der Waals surface area contributed by atoms with Gasteiger partial charge in [0.2, 0.25) is 0 Å². The first-order valence-electron chi connectivity index (χ1n) is 7.76. The molecule has 1 N–H and O–H groups in total. The molecule has 25 heavy (non-hydrogen) atoms. The third-order valence-corrected chi connectivity index (χ3v) is 3.62. The second-order valence-electron chi connectivity index (χ2n) is 5.51. The van der Waals surface area contributed by atoms with E-state index >= 15 is 0 Å². The van der Waals surface area contributed by atoms with Crippen LogP contribution < -0.4 is 10.9 Å². The van der Waals surface area contributed by atoms with Crippen LogP contribution in [0.1, 0.15) is 21.6 Å². The topological polar surface area (TPSA) is 64.0 Å². The Kier molecular flexibility index (Phi) is 4.99. The zero-order valence-corrected chi connectivity index (χ0v) is 13.4. The van der Waals surface area contributed by atoms with Crippen LogP contribution in [-0.2, 0) is 13.1 Å². The lowest BCUT2D eigenvalue weighted by Crippen LogP contribution is -2.29. The minimum absolute atomic E-state index is 0.131. The van der Waals surface area contributed by atoms with Crippen molar-refractivity contribution in [2.75, 3.05) is 0 Å². The van der Waals surface area contributed by atoms with Crippen LogP contribution in [0.4, 0.5) is 4.39 Å². The predicted octanol–water partition coefficient (Wildman–Crippen LogP) is 2.36. The van der Waals surface area contributed by atoms with Crippen molar-refractivity contribution < 1.29 is 9.18 Å². The summed E-state index contributed by atoms with van der Waals surface area (Å²) < 4.78 is 14.4. The van der Waals surface area contributed by atoms with Crippen LogP contribution >= 0.6 is 0 Å². The summed E-state index contributed by atoms with van der Waals surface area (Å²) in [4.78, 5) is 24.2. The Hall–Kier alpha value is -3.28. The number of nitrogens with zero attached hydrogens (tertiary/aromatic N) is 2. The fourth-order valence-corrected chi connectivity index (χ4v) is 2.36. The molecule has 6 heteroatoms. The average molecular weight is 337 g/mol. The largest absolute Gasteiger partial charge is 0.347 e. The first-order chi connectivity index (χ1) is 12.1. The predicted molar refractivity (Wildman–Crippen MR) is 91.6 cm³/mol. The van der Waals surface area contributed by atoms with Crippen molar-refractivity contribution in [1.29, 1.82) is 0 Å². The molecular formula is C19H16FN3O2. The summed E-state index contributed by atoms with van der Waals surface area (Å²) in [5, 5.41) is 6.78. The maximum absolute atomic E-state index is 13.2. The normalized spacial score (nSPS) is 10.4. The van der Waals surface area contributed by atoms with Crippen LogP contribution in [0.3, 0.4) is 0 Å². The average Bonchev–Trinajstić information content (AvgIpc) is 2.62. The lowest BCUT2D eigenvalue weighted by Gasteiger charge is -2.08. The molecule has 0 radical (unpaired) electrons. The Morgan fingerprint density at radius 1 is 1.00 bits per heavy atom. The summed E-state index contributed by atoms with van der Waals surface area (Å²) in [7, 11) is 0. The van der Waals surface area contributed by atoms with Crippen LogP contribution in [0.2, 0.25) is 0 Å². The van der Waals surface area contributed by atoms with Crippen molar-refractivity contribution in [3.8, 4) is 0 Å². The van der Waals surface area contributed by atoms with Crippen LogP contribution in [0.15, 0.2) is 71.5 Å². The molecule has 0 aliphatic carbocycles. The Labute approximate surface area is 143 Å². The molecule has 1 aromatic heterocycles.